The van der Waals surface area contributed by atoms with Gasteiger partial charge in [-0.15, -0.1) is 0 Å². The fraction of sp³-hybridized carbons (Fsp3) is 0.650. The van der Waals surface area contributed by atoms with Gasteiger partial charge in [0.1, 0.15) is 5.75 Å². The van der Waals surface area contributed by atoms with E-state index in [1.54, 1.807) is 19.1 Å². The van der Waals surface area contributed by atoms with Crippen molar-refractivity contribution in [1.82, 2.24) is 10.2 Å². The molecule has 1 aliphatic carbocycles. The second-order valence-corrected chi connectivity index (χ2v) is 7.83. The summed E-state index contributed by atoms with van der Waals surface area (Å²) in [5, 5.41) is 3.67. The molecule has 1 aromatic carbocycles. The maximum absolute atomic E-state index is 12.4. The van der Waals surface area contributed by atoms with Crippen molar-refractivity contribution in [2.45, 2.75) is 57.6 Å². The number of para-hydroxylation sites is 1. The molecule has 2 aliphatic rings. The Hall–Kier alpha value is -1.26. The van der Waals surface area contributed by atoms with Crippen molar-refractivity contribution < 1.29 is 9.53 Å². The van der Waals surface area contributed by atoms with Crippen LogP contribution in [0.15, 0.2) is 24.3 Å². The van der Waals surface area contributed by atoms with Crippen molar-refractivity contribution >= 4 is 17.5 Å². The fourth-order valence-electron chi connectivity index (χ4n) is 3.92. The molecule has 0 spiro atoms. The number of hydrogen-bond acceptors (Lipinski definition) is 3. The second kappa shape index (κ2) is 8.91. The van der Waals surface area contributed by atoms with Crippen molar-refractivity contribution in [1.29, 1.82) is 0 Å². The van der Waals surface area contributed by atoms with Crippen LogP contribution in [0.3, 0.4) is 0 Å². The van der Waals surface area contributed by atoms with Crippen LogP contribution in [-0.2, 0) is 4.79 Å². The van der Waals surface area contributed by atoms with Gasteiger partial charge in [0, 0.05) is 25.7 Å². The first-order valence-corrected chi connectivity index (χ1v) is 9.93. The highest BCUT2D eigenvalue weighted by Crippen LogP contribution is 2.27. The zero-order valence-corrected chi connectivity index (χ0v) is 15.8. The summed E-state index contributed by atoms with van der Waals surface area (Å²) in [6.07, 6.45) is 7.10. The summed E-state index contributed by atoms with van der Waals surface area (Å²) in [5.41, 5.74) is 0. The average Bonchev–Trinajstić information content (AvgIpc) is 3.11. The molecule has 138 valence electrons. The van der Waals surface area contributed by atoms with Gasteiger partial charge in [-0.3, -0.25) is 4.79 Å². The maximum atomic E-state index is 12.4. The van der Waals surface area contributed by atoms with Crippen LogP contribution in [0.25, 0.3) is 0 Å². The van der Waals surface area contributed by atoms with Crippen LogP contribution in [0, 0.1) is 5.92 Å². The monoisotopic (exact) mass is 364 g/mol. The smallest absolute Gasteiger partial charge is 0.260 e. The second-order valence-electron chi connectivity index (χ2n) is 7.42. The van der Waals surface area contributed by atoms with Gasteiger partial charge in [-0.1, -0.05) is 36.6 Å². The number of benzene rings is 1. The van der Waals surface area contributed by atoms with Gasteiger partial charge < -0.3 is 15.0 Å². The van der Waals surface area contributed by atoms with Crippen molar-refractivity contribution in [3.63, 3.8) is 0 Å². The lowest BCUT2D eigenvalue weighted by atomic mass is 10.0. The van der Waals surface area contributed by atoms with E-state index in [4.69, 9.17) is 16.3 Å². The molecule has 1 heterocycles. The third-order valence-corrected chi connectivity index (χ3v) is 5.75. The van der Waals surface area contributed by atoms with Crippen LogP contribution in [0.1, 0.15) is 45.4 Å². The summed E-state index contributed by atoms with van der Waals surface area (Å²) < 4.78 is 5.70. The molecule has 1 aliphatic heterocycles. The number of rotatable bonds is 6. The van der Waals surface area contributed by atoms with E-state index in [2.05, 4.69) is 10.2 Å². The largest absolute Gasteiger partial charge is 0.479 e. The van der Waals surface area contributed by atoms with E-state index in [0.29, 0.717) is 10.8 Å². The first kappa shape index (κ1) is 18.5. The van der Waals surface area contributed by atoms with E-state index >= 15 is 0 Å². The van der Waals surface area contributed by atoms with Gasteiger partial charge in [-0.05, 0) is 50.7 Å². The molecule has 1 unspecified atom stereocenters. The fourth-order valence-corrected chi connectivity index (χ4v) is 4.10. The molecule has 1 saturated heterocycles. The third kappa shape index (κ3) is 5.35. The van der Waals surface area contributed by atoms with Crippen LogP contribution in [0.2, 0.25) is 5.02 Å². The molecule has 1 amide bonds. The molecule has 0 radical (unpaired) electrons. The predicted octanol–water partition coefficient (Wildman–Crippen LogP) is 3.88. The number of hydrogen-bond donors (Lipinski definition) is 1. The number of halogens is 1. The lowest BCUT2D eigenvalue weighted by Gasteiger charge is -2.34. The Morgan fingerprint density at radius 1 is 1.24 bits per heavy atom. The minimum atomic E-state index is -0.545. The molecule has 25 heavy (non-hydrogen) atoms. The van der Waals surface area contributed by atoms with E-state index in [1.165, 1.54) is 32.2 Å². The number of nitrogens with one attached hydrogen (secondary N) is 1. The zero-order valence-electron chi connectivity index (χ0n) is 15.0. The van der Waals surface area contributed by atoms with Crippen molar-refractivity contribution in [3.8, 4) is 5.75 Å². The summed E-state index contributed by atoms with van der Waals surface area (Å²) in [7, 11) is 0. The highest BCUT2D eigenvalue weighted by Gasteiger charge is 2.26. The van der Waals surface area contributed by atoms with Crippen LogP contribution in [0.5, 0.6) is 5.75 Å². The Kier molecular flexibility index (Phi) is 6.60. The predicted molar refractivity (Wildman–Crippen MR) is 101 cm³/mol. The molecule has 3 rings (SSSR count). The summed E-state index contributed by atoms with van der Waals surface area (Å²) in [6, 6.07) is 7.50. The topological polar surface area (TPSA) is 41.6 Å². The highest BCUT2D eigenvalue weighted by molar-refractivity contribution is 6.32. The molecule has 0 aromatic heterocycles. The maximum Gasteiger partial charge on any atom is 0.260 e. The van der Waals surface area contributed by atoms with Gasteiger partial charge in [0.25, 0.3) is 5.91 Å². The Morgan fingerprint density at radius 3 is 2.60 bits per heavy atom. The molecule has 2 fully saturated rings. The van der Waals surface area contributed by atoms with Crippen molar-refractivity contribution in [2.24, 2.45) is 5.92 Å². The zero-order chi connectivity index (χ0) is 17.6. The van der Waals surface area contributed by atoms with Gasteiger partial charge in [0.15, 0.2) is 6.10 Å². The van der Waals surface area contributed by atoms with Gasteiger partial charge in [0.2, 0.25) is 0 Å². The third-order valence-electron chi connectivity index (χ3n) is 5.43. The molecule has 1 N–H and O–H groups in total. The lowest BCUT2D eigenvalue weighted by molar-refractivity contribution is -0.128. The minimum Gasteiger partial charge on any atom is -0.479 e. The van der Waals surface area contributed by atoms with Crippen molar-refractivity contribution in [2.75, 3.05) is 19.6 Å². The SMILES string of the molecule is CC(Oc1ccccc1Cl)C(=O)NC1CCN(CC2CCCC2)CC1. The van der Waals surface area contributed by atoms with Gasteiger partial charge >= 0.3 is 0 Å². The first-order valence-electron chi connectivity index (χ1n) is 9.55. The number of carbonyl (C=O) groups excluding carboxylic acids is 1. The molecule has 1 atom stereocenters. The van der Waals surface area contributed by atoms with Crippen molar-refractivity contribution in [3.05, 3.63) is 29.3 Å². The number of piperidine rings is 1. The Labute approximate surface area is 155 Å². The van der Waals surface area contributed by atoms with E-state index in [1.807, 2.05) is 12.1 Å². The van der Waals surface area contributed by atoms with Gasteiger partial charge in [0.05, 0.1) is 5.02 Å². The average molecular weight is 365 g/mol. The number of likely N-dealkylation sites (tertiary alicyclic amines) is 1. The van der Waals surface area contributed by atoms with E-state index in [0.717, 1.165) is 31.8 Å². The molecule has 1 aromatic rings. The van der Waals surface area contributed by atoms with E-state index in [-0.39, 0.29) is 11.9 Å². The Bertz CT molecular complexity index is 567. The normalized spacial score (nSPS) is 21.2. The summed E-state index contributed by atoms with van der Waals surface area (Å²) in [4.78, 5) is 15.0. The van der Waals surface area contributed by atoms with Crippen LogP contribution in [0.4, 0.5) is 0 Å². The summed E-state index contributed by atoms with van der Waals surface area (Å²) in [6.45, 7) is 5.18. The molecular formula is C20H29ClN2O2. The number of ether oxygens (including phenoxy) is 1. The van der Waals surface area contributed by atoms with Gasteiger partial charge in [-0.25, -0.2) is 0 Å². The molecule has 0 bridgehead atoms. The Morgan fingerprint density at radius 2 is 1.92 bits per heavy atom. The standard InChI is InChI=1S/C20H29ClN2O2/c1-15(25-19-9-5-4-8-18(19)21)20(24)22-17-10-12-23(13-11-17)14-16-6-2-3-7-16/h4-5,8-9,15-17H,2-3,6-7,10-14H2,1H3,(H,22,24). The van der Waals surface area contributed by atoms with Gasteiger partial charge in [-0.2, -0.15) is 0 Å². The minimum absolute atomic E-state index is 0.0610. The number of carbonyl (C=O) groups is 1. The highest BCUT2D eigenvalue weighted by atomic mass is 35.5. The summed E-state index contributed by atoms with van der Waals surface area (Å²) >= 11 is 6.09. The quantitative estimate of drug-likeness (QED) is 0.832. The first-order chi connectivity index (χ1) is 12.1. The molecular weight excluding hydrogens is 336 g/mol. The molecule has 1 saturated carbocycles. The van der Waals surface area contributed by atoms with Crippen LogP contribution in [-0.4, -0.2) is 42.6 Å². The number of nitrogens with zero attached hydrogens (tertiary/aromatic N) is 1. The lowest BCUT2D eigenvalue weighted by Crippen LogP contribution is -2.48. The summed E-state index contributed by atoms with van der Waals surface area (Å²) in [5.74, 6) is 1.39. The van der Waals surface area contributed by atoms with E-state index < -0.39 is 6.10 Å². The molecule has 4 nitrogen and oxygen atoms in total. The van der Waals surface area contributed by atoms with E-state index in [9.17, 15) is 4.79 Å². The van der Waals surface area contributed by atoms with Crippen LogP contribution >= 0.6 is 11.6 Å². The number of amides is 1. The molecule has 5 heteroatoms. The van der Waals surface area contributed by atoms with Crippen LogP contribution < -0.4 is 10.1 Å². The Balaban J connectivity index is 1.40.